The van der Waals surface area contributed by atoms with Crippen molar-refractivity contribution in [1.29, 1.82) is 0 Å². The first-order valence-electron chi connectivity index (χ1n) is 4.86. The number of carbonyl (C=O) groups excluding carboxylic acids is 1. The number of alkyl halides is 3. The van der Waals surface area contributed by atoms with Crippen LogP contribution in [0.1, 0.15) is 18.5 Å². The van der Waals surface area contributed by atoms with E-state index in [9.17, 15) is 18.0 Å². The summed E-state index contributed by atoms with van der Waals surface area (Å²) in [5.74, 6) is -1.43. The predicted octanol–water partition coefficient (Wildman–Crippen LogP) is 2.43. The summed E-state index contributed by atoms with van der Waals surface area (Å²) in [5.41, 5.74) is 0.543. The van der Waals surface area contributed by atoms with Gasteiger partial charge in [0, 0.05) is 0 Å². The number of hydrogen-bond donors (Lipinski definition) is 1. The first kappa shape index (κ1) is 13.3. The van der Waals surface area contributed by atoms with Gasteiger partial charge in [-0.15, -0.1) is 0 Å². The van der Waals surface area contributed by atoms with Crippen LogP contribution in [0.4, 0.5) is 13.2 Å². The topological polar surface area (TPSA) is 38.3 Å². The third kappa shape index (κ3) is 3.65. The molecular weight excluding hydrogens is 235 g/mol. The van der Waals surface area contributed by atoms with Crippen LogP contribution >= 0.6 is 0 Å². The highest BCUT2D eigenvalue weighted by Crippen LogP contribution is 2.21. The maximum absolute atomic E-state index is 12.0. The van der Waals surface area contributed by atoms with Crippen molar-refractivity contribution in [3.63, 3.8) is 0 Å². The van der Waals surface area contributed by atoms with Gasteiger partial charge in [-0.3, -0.25) is 4.79 Å². The van der Waals surface area contributed by atoms with Gasteiger partial charge in [-0.1, -0.05) is 12.1 Å². The van der Waals surface area contributed by atoms with Crippen LogP contribution in [0.5, 0.6) is 5.75 Å². The van der Waals surface area contributed by atoms with Gasteiger partial charge in [-0.25, -0.2) is 0 Å². The van der Waals surface area contributed by atoms with E-state index in [1.165, 1.54) is 14.0 Å². The lowest BCUT2D eigenvalue weighted by atomic mass is 10.1. The molecule has 3 nitrogen and oxygen atoms in total. The minimum Gasteiger partial charge on any atom is -0.497 e. The van der Waals surface area contributed by atoms with Crippen LogP contribution in [-0.2, 0) is 4.79 Å². The summed E-state index contributed by atoms with van der Waals surface area (Å²) >= 11 is 0. The van der Waals surface area contributed by atoms with Gasteiger partial charge >= 0.3 is 12.1 Å². The Bertz CT molecular complexity index is 404. The van der Waals surface area contributed by atoms with Crippen molar-refractivity contribution in [3.8, 4) is 5.75 Å². The zero-order valence-electron chi connectivity index (χ0n) is 9.34. The Balaban J connectivity index is 2.76. The van der Waals surface area contributed by atoms with Gasteiger partial charge in [0.1, 0.15) is 5.75 Å². The van der Waals surface area contributed by atoms with Gasteiger partial charge in [-0.2, -0.15) is 13.2 Å². The molecular formula is C11H12F3NO2. The van der Waals surface area contributed by atoms with Crippen molar-refractivity contribution in [1.82, 2.24) is 5.32 Å². The fourth-order valence-electron chi connectivity index (χ4n) is 1.27. The van der Waals surface area contributed by atoms with Crippen LogP contribution in [0.2, 0.25) is 0 Å². The lowest BCUT2D eigenvalue weighted by molar-refractivity contribution is -0.174. The molecule has 0 aromatic heterocycles. The number of nitrogens with one attached hydrogen (secondary N) is 1. The first-order valence-corrected chi connectivity index (χ1v) is 4.86. The van der Waals surface area contributed by atoms with Crippen molar-refractivity contribution in [2.45, 2.75) is 19.1 Å². The number of hydrogen-bond acceptors (Lipinski definition) is 2. The highest BCUT2D eigenvalue weighted by Gasteiger charge is 2.39. The molecule has 94 valence electrons. The van der Waals surface area contributed by atoms with E-state index < -0.39 is 18.1 Å². The molecule has 0 saturated carbocycles. The summed E-state index contributed by atoms with van der Waals surface area (Å²) in [6.07, 6.45) is -4.87. The maximum Gasteiger partial charge on any atom is 0.471 e. The molecule has 0 saturated heterocycles. The molecule has 0 spiro atoms. The zero-order chi connectivity index (χ0) is 13.1. The second kappa shape index (κ2) is 5.07. The maximum atomic E-state index is 12.0. The molecule has 1 N–H and O–H groups in total. The molecule has 1 amide bonds. The fourth-order valence-corrected chi connectivity index (χ4v) is 1.27. The quantitative estimate of drug-likeness (QED) is 0.890. The summed E-state index contributed by atoms with van der Waals surface area (Å²) < 4.78 is 41.0. The lowest BCUT2D eigenvalue weighted by Crippen LogP contribution is -2.38. The molecule has 0 unspecified atom stereocenters. The Morgan fingerprint density at radius 1 is 1.41 bits per heavy atom. The van der Waals surface area contributed by atoms with Crippen molar-refractivity contribution in [3.05, 3.63) is 29.8 Å². The number of rotatable bonds is 3. The van der Waals surface area contributed by atoms with E-state index in [-0.39, 0.29) is 0 Å². The molecule has 0 aliphatic carbocycles. The van der Waals surface area contributed by atoms with E-state index in [0.717, 1.165) is 0 Å². The average molecular weight is 247 g/mol. The average Bonchev–Trinajstić information content (AvgIpc) is 2.27. The Morgan fingerprint density at radius 3 is 2.59 bits per heavy atom. The van der Waals surface area contributed by atoms with Crippen LogP contribution in [-0.4, -0.2) is 19.2 Å². The number of methoxy groups -OCH3 is 1. The molecule has 0 aliphatic rings. The third-order valence-corrected chi connectivity index (χ3v) is 2.20. The molecule has 1 rings (SSSR count). The lowest BCUT2D eigenvalue weighted by Gasteiger charge is -2.16. The summed E-state index contributed by atoms with van der Waals surface area (Å²) in [6.45, 7) is 1.47. The summed E-state index contributed by atoms with van der Waals surface area (Å²) in [7, 11) is 1.46. The van der Waals surface area contributed by atoms with E-state index in [1.807, 2.05) is 5.32 Å². The number of amides is 1. The third-order valence-electron chi connectivity index (χ3n) is 2.20. The molecule has 0 bridgehead atoms. The minimum atomic E-state index is -4.87. The van der Waals surface area contributed by atoms with Gasteiger partial charge in [0.05, 0.1) is 13.2 Å². The highest BCUT2D eigenvalue weighted by molar-refractivity contribution is 5.82. The highest BCUT2D eigenvalue weighted by atomic mass is 19.4. The van der Waals surface area contributed by atoms with Crippen LogP contribution in [0, 0.1) is 0 Å². The molecule has 0 aliphatic heterocycles. The van der Waals surface area contributed by atoms with Crippen molar-refractivity contribution in [2.75, 3.05) is 7.11 Å². The molecule has 0 radical (unpaired) electrons. The van der Waals surface area contributed by atoms with Gasteiger partial charge < -0.3 is 10.1 Å². The monoisotopic (exact) mass is 247 g/mol. The summed E-state index contributed by atoms with van der Waals surface area (Å²) in [6, 6.07) is 5.76. The van der Waals surface area contributed by atoms with Crippen molar-refractivity contribution in [2.24, 2.45) is 0 Å². The largest absolute Gasteiger partial charge is 0.497 e. The first-order chi connectivity index (χ1) is 7.84. The Morgan fingerprint density at radius 2 is 2.06 bits per heavy atom. The van der Waals surface area contributed by atoms with E-state index in [1.54, 1.807) is 24.3 Å². The molecule has 1 aromatic carbocycles. The van der Waals surface area contributed by atoms with Crippen molar-refractivity contribution < 1.29 is 22.7 Å². The SMILES string of the molecule is COc1cccc([C@@H](C)NC(=O)C(F)(F)F)c1. The van der Waals surface area contributed by atoms with Gasteiger partial charge in [-0.05, 0) is 24.6 Å². The van der Waals surface area contributed by atoms with E-state index in [4.69, 9.17) is 4.74 Å². The molecule has 17 heavy (non-hydrogen) atoms. The molecule has 6 heteroatoms. The molecule has 0 fully saturated rings. The molecule has 1 atom stereocenters. The van der Waals surface area contributed by atoms with Gasteiger partial charge in [0.15, 0.2) is 0 Å². The summed E-state index contributed by atoms with van der Waals surface area (Å²) in [5, 5.41) is 1.87. The predicted molar refractivity (Wildman–Crippen MR) is 55.6 cm³/mol. The number of benzene rings is 1. The van der Waals surface area contributed by atoms with E-state index in [0.29, 0.717) is 11.3 Å². The fraction of sp³-hybridized carbons (Fsp3) is 0.364. The molecule has 1 aromatic rings. The summed E-state index contributed by atoms with van der Waals surface area (Å²) in [4.78, 5) is 10.7. The second-order valence-corrected chi connectivity index (χ2v) is 3.47. The minimum absolute atomic E-state index is 0.524. The zero-order valence-corrected chi connectivity index (χ0v) is 9.34. The number of carbonyl (C=O) groups is 1. The standard InChI is InChI=1S/C11H12F3NO2/c1-7(15-10(16)11(12,13)14)8-4-3-5-9(6-8)17-2/h3-7H,1-2H3,(H,15,16)/t7-/m1/s1. The number of ether oxygens (including phenoxy) is 1. The van der Waals surface area contributed by atoms with E-state index >= 15 is 0 Å². The Hall–Kier alpha value is -1.72. The van der Waals surface area contributed by atoms with Crippen LogP contribution in [0.3, 0.4) is 0 Å². The van der Waals surface area contributed by atoms with Gasteiger partial charge in [0.25, 0.3) is 0 Å². The number of halogens is 3. The van der Waals surface area contributed by atoms with Crippen LogP contribution < -0.4 is 10.1 Å². The Labute approximate surface area is 96.6 Å². The second-order valence-electron chi connectivity index (χ2n) is 3.47. The molecule has 0 heterocycles. The Kier molecular flexibility index (Phi) is 3.98. The van der Waals surface area contributed by atoms with Gasteiger partial charge in [0.2, 0.25) is 0 Å². The van der Waals surface area contributed by atoms with Crippen molar-refractivity contribution >= 4 is 5.91 Å². The van der Waals surface area contributed by atoms with E-state index in [2.05, 4.69) is 0 Å². The normalized spacial score (nSPS) is 13.0. The smallest absolute Gasteiger partial charge is 0.471 e. The van der Waals surface area contributed by atoms with Crippen LogP contribution in [0.25, 0.3) is 0 Å². The van der Waals surface area contributed by atoms with Crippen LogP contribution in [0.15, 0.2) is 24.3 Å².